The summed E-state index contributed by atoms with van der Waals surface area (Å²) >= 11 is 0. The Morgan fingerprint density at radius 2 is 1.68 bits per heavy atom. The van der Waals surface area contributed by atoms with Crippen molar-refractivity contribution in [3.05, 3.63) is 102 Å². The summed E-state index contributed by atoms with van der Waals surface area (Å²) in [4.78, 5) is 8.63. The molecule has 6 heteroatoms. The number of benzene rings is 2. The van der Waals surface area contributed by atoms with E-state index in [-0.39, 0.29) is 5.90 Å². The molecule has 0 aliphatic rings. The lowest BCUT2D eigenvalue weighted by molar-refractivity contribution is 0.302. The van der Waals surface area contributed by atoms with Crippen LogP contribution in [-0.4, -0.2) is 22.3 Å². The fourth-order valence-corrected chi connectivity index (χ4v) is 3.11. The Labute approximate surface area is 179 Å². The van der Waals surface area contributed by atoms with Gasteiger partial charge in [0.2, 0.25) is 5.90 Å². The number of rotatable bonds is 7. The molecule has 2 aromatic heterocycles. The molecule has 152 valence electrons. The topological polar surface area (TPSA) is 91.9 Å². The van der Waals surface area contributed by atoms with Gasteiger partial charge < -0.3 is 9.47 Å². The van der Waals surface area contributed by atoms with Gasteiger partial charge in [0.05, 0.1) is 11.2 Å². The number of ether oxygens (including phenoxy) is 2. The fourth-order valence-electron chi connectivity index (χ4n) is 3.11. The minimum absolute atomic E-state index is 0.110. The molecule has 0 fully saturated rings. The molecule has 0 atom stereocenters. The monoisotopic (exact) mass is 408 g/mol. The number of nitrogens with one attached hydrogen (secondary N) is 2. The van der Waals surface area contributed by atoms with E-state index in [1.54, 1.807) is 12.4 Å². The highest BCUT2D eigenvalue weighted by Gasteiger charge is 2.10. The molecule has 0 aliphatic carbocycles. The van der Waals surface area contributed by atoms with Gasteiger partial charge in [0, 0.05) is 23.4 Å². The van der Waals surface area contributed by atoms with Crippen LogP contribution in [0.3, 0.4) is 0 Å². The Bertz CT molecular complexity index is 1240. The van der Waals surface area contributed by atoms with Crippen molar-refractivity contribution >= 4 is 34.9 Å². The summed E-state index contributed by atoms with van der Waals surface area (Å²) in [6, 6.07) is 23.0. The Morgan fingerprint density at radius 3 is 2.45 bits per heavy atom. The van der Waals surface area contributed by atoms with E-state index in [1.807, 2.05) is 78.9 Å². The van der Waals surface area contributed by atoms with Gasteiger partial charge in [0.15, 0.2) is 6.40 Å². The number of nitrogens with zero attached hydrogens (tertiary/aromatic N) is 2. The summed E-state index contributed by atoms with van der Waals surface area (Å²) in [7, 11) is 0. The summed E-state index contributed by atoms with van der Waals surface area (Å²) in [6.45, 7) is 0.358. The second-order valence-electron chi connectivity index (χ2n) is 6.71. The van der Waals surface area contributed by atoms with Crippen molar-refractivity contribution in [3.8, 4) is 5.75 Å². The Balaban J connectivity index is 1.51. The molecule has 2 N–H and O–H groups in total. The first-order valence-corrected chi connectivity index (χ1v) is 9.67. The van der Waals surface area contributed by atoms with E-state index in [4.69, 9.17) is 20.3 Å². The Kier molecular flexibility index (Phi) is 6.09. The van der Waals surface area contributed by atoms with E-state index < -0.39 is 0 Å². The SMILES string of the molecule is N=COC(=N)/C(=C/c1ccncc1)c1ccc(OCc2ccc3ccccc3n2)cc1. The van der Waals surface area contributed by atoms with Crippen LogP contribution in [0.15, 0.2) is 85.2 Å². The largest absolute Gasteiger partial charge is 0.487 e. The number of hydrogen-bond donors (Lipinski definition) is 2. The fraction of sp³-hybridized carbons (Fsp3) is 0.0400. The van der Waals surface area contributed by atoms with Crippen molar-refractivity contribution in [2.24, 2.45) is 0 Å². The molecular weight excluding hydrogens is 388 g/mol. The van der Waals surface area contributed by atoms with E-state index in [0.29, 0.717) is 17.9 Å². The predicted molar refractivity (Wildman–Crippen MR) is 122 cm³/mol. The van der Waals surface area contributed by atoms with Crippen LogP contribution < -0.4 is 4.74 Å². The van der Waals surface area contributed by atoms with Gasteiger partial charge in [-0.15, -0.1) is 0 Å². The summed E-state index contributed by atoms with van der Waals surface area (Å²) in [5.41, 5.74) is 4.00. The summed E-state index contributed by atoms with van der Waals surface area (Å²) in [5, 5.41) is 16.4. The summed E-state index contributed by atoms with van der Waals surface area (Å²) in [5.74, 6) is 0.585. The summed E-state index contributed by atoms with van der Waals surface area (Å²) < 4.78 is 10.9. The van der Waals surface area contributed by atoms with E-state index in [2.05, 4.69) is 9.97 Å². The molecule has 4 aromatic rings. The van der Waals surface area contributed by atoms with Gasteiger partial charge in [-0.05, 0) is 53.6 Å². The molecule has 0 radical (unpaired) electrons. The lowest BCUT2D eigenvalue weighted by Crippen LogP contribution is -2.05. The van der Waals surface area contributed by atoms with Crippen molar-refractivity contribution in [1.82, 2.24) is 9.97 Å². The summed E-state index contributed by atoms with van der Waals surface area (Å²) in [6.07, 6.45) is 5.93. The number of fused-ring (bicyclic) bond motifs is 1. The minimum Gasteiger partial charge on any atom is -0.487 e. The average molecular weight is 408 g/mol. The Morgan fingerprint density at radius 1 is 0.903 bits per heavy atom. The standard InChI is InChI=1S/C25H20N4O2/c26-17-31-25(27)23(15-18-11-13-28-14-12-18)19-6-9-22(10-7-19)30-16-21-8-5-20-3-1-2-4-24(20)29-21/h1-15,17,26-27H,16H2/b23-15+,26-17?,27-25?. The number of para-hydroxylation sites is 1. The molecule has 0 spiro atoms. The maximum absolute atomic E-state index is 8.15. The normalized spacial score (nSPS) is 11.2. The van der Waals surface area contributed by atoms with Gasteiger partial charge in [-0.2, -0.15) is 0 Å². The molecule has 4 rings (SSSR count). The van der Waals surface area contributed by atoms with Crippen molar-refractivity contribution < 1.29 is 9.47 Å². The molecule has 2 aromatic carbocycles. The predicted octanol–water partition coefficient (Wildman–Crippen LogP) is 5.35. The zero-order chi connectivity index (χ0) is 21.5. The molecule has 0 saturated carbocycles. The zero-order valence-electron chi connectivity index (χ0n) is 16.7. The third-order valence-corrected chi connectivity index (χ3v) is 4.65. The van der Waals surface area contributed by atoms with Crippen LogP contribution in [0, 0.1) is 10.8 Å². The van der Waals surface area contributed by atoms with Gasteiger partial charge in [-0.1, -0.05) is 36.4 Å². The van der Waals surface area contributed by atoms with Crippen molar-refractivity contribution in [1.29, 1.82) is 10.8 Å². The molecule has 0 saturated heterocycles. The van der Waals surface area contributed by atoms with Crippen LogP contribution in [0.25, 0.3) is 22.6 Å². The van der Waals surface area contributed by atoms with E-state index >= 15 is 0 Å². The quantitative estimate of drug-likeness (QED) is 0.318. The van der Waals surface area contributed by atoms with Crippen molar-refractivity contribution in [2.75, 3.05) is 0 Å². The second kappa shape index (κ2) is 9.45. The van der Waals surface area contributed by atoms with Gasteiger partial charge in [-0.3, -0.25) is 15.8 Å². The average Bonchev–Trinajstić information content (AvgIpc) is 2.82. The van der Waals surface area contributed by atoms with Gasteiger partial charge in [0.1, 0.15) is 12.4 Å². The molecule has 2 heterocycles. The van der Waals surface area contributed by atoms with Gasteiger partial charge in [-0.25, -0.2) is 4.98 Å². The first-order chi connectivity index (χ1) is 15.2. The highest BCUT2D eigenvalue weighted by atomic mass is 16.5. The number of aromatic nitrogens is 2. The molecule has 0 bridgehead atoms. The van der Waals surface area contributed by atoms with Crippen LogP contribution >= 0.6 is 0 Å². The smallest absolute Gasteiger partial charge is 0.221 e. The molecular formula is C25H20N4O2. The van der Waals surface area contributed by atoms with Crippen LogP contribution in [0.4, 0.5) is 0 Å². The number of hydrogen-bond acceptors (Lipinski definition) is 6. The first-order valence-electron chi connectivity index (χ1n) is 9.67. The molecule has 31 heavy (non-hydrogen) atoms. The first kappa shape index (κ1) is 20.0. The molecule has 0 aliphatic heterocycles. The Hall–Kier alpha value is -4.32. The third-order valence-electron chi connectivity index (χ3n) is 4.65. The molecule has 0 unspecified atom stereocenters. The maximum atomic E-state index is 8.15. The number of pyridine rings is 2. The van der Waals surface area contributed by atoms with Crippen LogP contribution in [0.1, 0.15) is 16.8 Å². The van der Waals surface area contributed by atoms with Gasteiger partial charge >= 0.3 is 0 Å². The van der Waals surface area contributed by atoms with Crippen LogP contribution in [0.2, 0.25) is 0 Å². The molecule has 6 nitrogen and oxygen atoms in total. The van der Waals surface area contributed by atoms with Crippen molar-refractivity contribution in [2.45, 2.75) is 6.61 Å². The molecule has 0 amide bonds. The lowest BCUT2D eigenvalue weighted by Gasteiger charge is -2.11. The van der Waals surface area contributed by atoms with Crippen LogP contribution in [0.5, 0.6) is 5.75 Å². The minimum atomic E-state index is -0.110. The highest BCUT2D eigenvalue weighted by molar-refractivity contribution is 6.24. The maximum Gasteiger partial charge on any atom is 0.221 e. The van der Waals surface area contributed by atoms with Crippen LogP contribution in [-0.2, 0) is 11.3 Å². The zero-order valence-corrected chi connectivity index (χ0v) is 16.7. The third kappa shape index (κ3) is 5.00. The van der Waals surface area contributed by atoms with E-state index in [1.165, 1.54) is 0 Å². The second-order valence-corrected chi connectivity index (χ2v) is 6.71. The van der Waals surface area contributed by atoms with E-state index in [9.17, 15) is 0 Å². The van der Waals surface area contributed by atoms with E-state index in [0.717, 1.165) is 34.1 Å². The highest BCUT2D eigenvalue weighted by Crippen LogP contribution is 2.23. The van der Waals surface area contributed by atoms with Gasteiger partial charge in [0.25, 0.3) is 0 Å². The lowest BCUT2D eigenvalue weighted by atomic mass is 10.0. The van der Waals surface area contributed by atoms with Crippen molar-refractivity contribution in [3.63, 3.8) is 0 Å².